The van der Waals surface area contributed by atoms with E-state index < -0.39 is 34.2 Å². The molecule has 1 aliphatic rings. The Kier molecular flexibility index (Phi) is 6.00. The summed E-state index contributed by atoms with van der Waals surface area (Å²) in [4.78, 5) is 0.224. The molecule has 136 valence electrons. The van der Waals surface area contributed by atoms with Crippen molar-refractivity contribution in [1.82, 2.24) is 4.31 Å². The Morgan fingerprint density at radius 2 is 1.79 bits per heavy atom. The average Bonchev–Trinajstić information content (AvgIpc) is 2.60. The first-order valence-corrected chi connectivity index (χ1v) is 9.05. The summed E-state index contributed by atoms with van der Waals surface area (Å²) in [5.74, 6) is -1.13. The molecule has 0 N–H and O–H groups in total. The van der Waals surface area contributed by atoms with Gasteiger partial charge in [0.15, 0.2) is 12.1 Å². The quantitative estimate of drug-likeness (QED) is 0.765. The minimum Gasteiger partial charge on any atom is -0.374 e. The van der Waals surface area contributed by atoms with Crippen molar-refractivity contribution in [1.29, 1.82) is 0 Å². The van der Waals surface area contributed by atoms with Crippen molar-refractivity contribution in [3.05, 3.63) is 30.3 Å². The van der Waals surface area contributed by atoms with Crippen molar-refractivity contribution in [3.8, 4) is 0 Å². The minimum absolute atomic E-state index is 0.224. The Balaban J connectivity index is 2.39. The van der Waals surface area contributed by atoms with Crippen LogP contribution in [0.25, 0.3) is 0 Å². The van der Waals surface area contributed by atoms with E-state index in [-0.39, 0.29) is 4.90 Å². The molecule has 0 aromatic heterocycles. The highest BCUT2D eigenvalue weighted by atomic mass is 32.2. The number of likely N-dealkylation sites (N-methyl/N-ethyl adjacent to an activating group) is 1. The van der Waals surface area contributed by atoms with Crippen LogP contribution in [0.2, 0.25) is 0 Å². The molecule has 8 heteroatoms. The monoisotopic (exact) mass is 359 g/mol. The van der Waals surface area contributed by atoms with E-state index in [9.17, 15) is 8.42 Å². The van der Waals surface area contributed by atoms with Crippen LogP contribution in [0, 0.1) is 0 Å². The van der Waals surface area contributed by atoms with E-state index in [1.54, 1.807) is 37.3 Å². The smallest absolute Gasteiger partial charge is 0.243 e. The van der Waals surface area contributed by atoms with E-state index in [4.69, 9.17) is 18.9 Å². The molecule has 7 nitrogen and oxygen atoms in total. The summed E-state index contributed by atoms with van der Waals surface area (Å²) in [5.41, 5.74) is 0. The lowest BCUT2D eigenvalue weighted by atomic mass is 9.96. The summed E-state index contributed by atoms with van der Waals surface area (Å²) in [6.07, 6.45) is -0.881. The number of rotatable bonds is 6. The third-order valence-electron chi connectivity index (χ3n) is 4.48. The van der Waals surface area contributed by atoms with Crippen molar-refractivity contribution < 1.29 is 27.4 Å². The van der Waals surface area contributed by atoms with Crippen LogP contribution < -0.4 is 0 Å². The zero-order valence-electron chi connectivity index (χ0n) is 14.6. The van der Waals surface area contributed by atoms with Crippen molar-refractivity contribution in [2.45, 2.75) is 42.5 Å². The van der Waals surface area contributed by atoms with Crippen LogP contribution in [0.4, 0.5) is 0 Å². The SMILES string of the molecule is CO[C@H]1C[C@@H](N(C)S(=O)(=O)c2ccccc2)[C@@H](OC)[C@](C)(OC)O1. The second kappa shape index (κ2) is 7.47. The fourth-order valence-corrected chi connectivity index (χ4v) is 4.39. The van der Waals surface area contributed by atoms with E-state index >= 15 is 0 Å². The molecule has 0 spiro atoms. The van der Waals surface area contributed by atoms with Crippen molar-refractivity contribution in [2.24, 2.45) is 0 Å². The van der Waals surface area contributed by atoms with Crippen molar-refractivity contribution in [3.63, 3.8) is 0 Å². The molecule has 1 aliphatic heterocycles. The first-order chi connectivity index (χ1) is 11.3. The number of hydrogen-bond acceptors (Lipinski definition) is 6. The fourth-order valence-electron chi connectivity index (χ4n) is 3.00. The molecule has 0 bridgehead atoms. The average molecular weight is 359 g/mol. The van der Waals surface area contributed by atoms with Gasteiger partial charge in [-0.15, -0.1) is 0 Å². The van der Waals surface area contributed by atoms with E-state index in [1.165, 1.54) is 32.7 Å². The molecule has 0 unspecified atom stereocenters. The summed E-state index contributed by atoms with van der Waals surface area (Å²) >= 11 is 0. The Morgan fingerprint density at radius 3 is 2.29 bits per heavy atom. The van der Waals surface area contributed by atoms with Crippen LogP contribution in [0.1, 0.15) is 13.3 Å². The molecular weight excluding hydrogens is 334 g/mol. The second-order valence-electron chi connectivity index (χ2n) is 5.80. The molecule has 1 fully saturated rings. The number of benzene rings is 1. The van der Waals surface area contributed by atoms with Gasteiger partial charge >= 0.3 is 0 Å². The zero-order valence-corrected chi connectivity index (χ0v) is 15.4. The number of sulfonamides is 1. The summed E-state index contributed by atoms with van der Waals surface area (Å²) in [6, 6.07) is 7.77. The van der Waals surface area contributed by atoms with Gasteiger partial charge in [-0.2, -0.15) is 4.31 Å². The van der Waals surface area contributed by atoms with Gasteiger partial charge in [0.2, 0.25) is 10.0 Å². The molecule has 4 atom stereocenters. The van der Waals surface area contributed by atoms with Gasteiger partial charge in [-0.3, -0.25) is 0 Å². The summed E-state index contributed by atoms with van der Waals surface area (Å²) in [6.45, 7) is 1.71. The van der Waals surface area contributed by atoms with Gasteiger partial charge in [-0.25, -0.2) is 8.42 Å². The van der Waals surface area contributed by atoms with Gasteiger partial charge in [-0.1, -0.05) is 18.2 Å². The largest absolute Gasteiger partial charge is 0.374 e. The van der Waals surface area contributed by atoms with Gasteiger partial charge in [0, 0.05) is 34.8 Å². The number of hydrogen-bond donors (Lipinski definition) is 0. The van der Waals surface area contributed by atoms with E-state index in [0.29, 0.717) is 6.42 Å². The highest BCUT2D eigenvalue weighted by Gasteiger charge is 2.51. The fraction of sp³-hybridized carbons (Fsp3) is 0.625. The molecule has 1 heterocycles. The lowest BCUT2D eigenvalue weighted by Gasteiger charge is -2.48. The normalized spacial score (nSPS) is 31.3. The first-order valence-electron chi connectivity index (χ1n) is 7.61. The van der Waals surface area contributed by atoms with Crippen LogP contribution in [-0.4, -0.2) is 65.3 Å². The Bertz CT molecular complexity index is 637. The number of ether oxygens (including phenoxy) is 4. The van der Waals surface area contributed by atoms with Crippen molar-refractivity contribution >= 4 is 10.0 Å². The molecule has 0 radical (unpaired) electrons. The summed E-state index contributed by atoms with van der Waals surface area (Å²) in [7, 11) is 2.36. The molecule has 0 aliphatic carbocycles. The maximum atomic E-state index is 12.9. The standard InChI is InChI=1S/C16H25NO6S/c1-16(22-5)15(21-4)13(11-14(20-3)23-16)17(2)24(18,19)12-9-7-6-8-10-12/h6-10,13-15H,11H2,1-5H3/t13-,14-,15-,16-/m1/s1. The van der Waals surface area contributed by atoms with Crippen LogP contribution in [0.3, 0.4) is 0 Å². The van der Waals surface area contributed by atoms with Gasteiger partial charge < -0.3 is 18.9 Å². The van der Waals surface area contributed by atoms with E-state index in [2.05, 4.69) is 0 Å². The summed E-state index contributed by atoms with van der Waals surface area (Å²) < 4.78 is 49.3. The van der Waals surface area contributed by atoms with E-state index in [1.807, 2.05) is 0 Å². The molecule has 0 amide bonds. The Hall–Kier alpha value is -1.03. The lowest BCUT2D eigenvalue weighted by Crippen LogP contribution is -2.63. The van der Waals surface area contributed by atoms with Crippen LogP contribution in [0.15, 0.2) is 35.2 Å². The second-order valence-corrected chi connectivity index (χ2v) is 7.79. The third-order valence-corrected chi connectivity index (χ3v) is 6.37. The number of nitrogens with zero attached hydrogens (tertiary/aromatic N) is 1. The highest BCUT2D eigenvalue weighted by Crippen LogP contribution is 2.36. The minimum atomic E-state index is -3.69. The molecule has 1 aromatic carbocycles. The van der Waals surface area contributed by atoms with Crippen LogP contribution >= 0.6 is 0 Å². The first kappa shape index (κ1) is 19.3. The highest BCUT2D eigenvalue weighted by molar-refractivity contribution is 7.89. The van der Waals surface area contributed by atoms with Gasteiger partial charge in [0.25, 0.3) is 0 Å². The molecule has 1 saturated heterocycles. The topological polar surface area (TPSA) is 74.3 Å². The molecule has 1 aromatic rings. The van der Waals surface area contributed by atoms with Gasteiger partial charge in [0.1, 0.15) is 6.10 Å². The van der Waals surface area contributed by atoms with Crippen LogP contribution in [0.5, 0.6) is 0 Å². The number of methoxy groups -OCH3 is 3. The van der Waals surface area contributed by atoms with Gasteiger partial charge in [0.05, 0.1) is 10.9 Å². The molecule has 24 heavy (non-hydrogen) atoms. The maximum absolute atomic E-state index is 12.9. The predicted octanol–water partition coefficient (Wildman–Crippen LogP) is 1.45. The van der Waals surface area contributed by atoms with Crippen LogP contribution in [-0.2, 0) is 29.0 Å². The summed E-state index contributed by atoms with van der Waals surface area (Å²) in [5, 5.41) is 0. The molecule has 2 rings (SSSR count). The van der Waals surface area contributed by atoms with Gasteiger partial charge in [-0.05, 0) is 19.1 Å². The molecule has 0 saturated carbocycles. The Morgan fingerprint density at radius 1 is 1.17 bits per heavy atom. The molecular formula is C16H25NO6S. The third kappa shape index (κ3) is 3.49. The lowest BCUT2D eigenvalue weighted by molar-refractivity contribution is -0.355. The predicted molar refractivity (Wildman–Crippen MR) is 87.9 cm³/mol. The van der Waals surface area contributed by atoms with Crippen molar-refractivity contribution in [2.75, 3.05) is 28.4 Å². The van der Waals surface area contributed by atoms with E-state index in [0.717, 1.165) is 0 Å². The Labute approximate surface area is 143 Å². The maximum Gasteiger partial charge on any atom is 0.243 e. The zero-order chi connectivity index (χ0) is 18.0.